The Kier molecular flexibility index (Phi) is 5.15. The number of fused-ring (bicyclic) bond motifs is 3. The van der Waals surface area contributed by atoms with Crippen LogP contribution in [0.5, 0.6) is 0 Å². The van der Waals surface area contributed by atoms with E-state index in [0.29, 0.717) is 5.41 Å². The van der Waals surface area contributed by atoms with Gasteiger partial charge in [0, 0.05) is 22.7 Å². The highest BCUT2D eigenvalue weighted by Crippen LogP contribution is 2.76. The summed E-state index contributed by atoms with van der Waals surface area (Å²) in [5.41, 5.74) is 14.9. The Balaban J connectivity index is 0.932. The highest BCUT2D eigenvalue weighted by Gasteiger charge is 2.70. The van der Waals surface area contributed by atoms with Crippen LogP contribution in [0, 0.1) is 41.4 Å². The van der Waals surface area contributed by atoms with Crippen molar-refractivity contribution in [1.82, 2.24) is 4.98 Å². The number of aromatic nitrogens is 1. The fourth-order valence-corrected chi connectivity index (χ4v) is 13.2. The highest BCUT2D eigenvalue weighted by molar-refractivity contribution is 6.19. The number of hydrogen-bond acceptors (Lipinski definition) is 1. The van der Waals surface area contributed by atoms with Crippen molar-refractivity contribution in [3.63, 3.8) is 0 Å². The third-order valence-corrected chi connectivity index (χ3v) is 14.6. The Morgan fingerprint density at radius 1 is 0.479 bits per heavy atom. The summed E-state index contributed by atoms with van der Waals surface area (Å²) in [6.07, 6.45) is 11.1. The largest absolute Gasteiger partial charge is 0.256 e. The van der Waals surface area contributed by atoms with Crippen LogP contribution in [0.1, 0.15) is 44.1 Å². The van der Waals surface area contributed by atoms with Crippen molar-refractivity contribution in [1.29, 1.82) is 0 Å². The first-order valence-corrected chi connectivity index (χ1v) is 18.6. The quantitative estimate of drug-likeness (QED) is 0.191. The van der Waals surface area contributed by atoms with E-state index in [9.17, 15) is 0 Å². The topological polar surface area (TPSA) is 12.9 Å². The smallest absolute Gasteiger partial charge is 0.0780 e. The summed E-state index contributed by atoms with van der Waals surface area (Å²) in [6, 6.07) is 43.7. The van der Waals surface area contributed by atoms with E-state index < -0.39 is 0 Å². The van der Waals surface area contributed by atoms with Crippen LogP contribution in [0.25, 0.3) is 66.5 Å². The number of nitrogens with zero attached hydrogens (tertiary/aromatic N) is 1. The van der Waals surface area contributed by atoms with Crippen LogP contribution in [0.2, 0.25) is 0 Å². The number of rotatable bonds is 4. The van der Waals surface area contributed by atoms with Crippen LogP contribution < -0.4 is 0 Å². The molecule has 7 saturated carbocycles. The highest BCUT2D eigenvalue weighted by atomic mass is 14.7. The molecule has 5 aromatic carbocycles. The molecule has 8 aliphatic carbocycles. The van der Waals surface area contributed by atoms with Gasteiger partial charge in [0.25, 0.3) is 0 Å². The molecule has 1 nitrogen and oxygen atoms in total. The van der Waals surface area contributed by atoms with Gasteiger partial charge in [0.1, 0.15) is 0 Å². The minimum Gasteiger partial charge on any atom is -0.256 e. The van der Waals surface area contributed by atoms with Crippen molar-refractivity contribution < 1.29 is 0 Å². The van der Waals surface area contributed by atoms with Crippen molar-refractivity contribution in [2.45, 2.75) is 43.9 Å². The third-order valence-electron chi connectivity index (χ3n) is 14.6. The Morgan fingerprint density at radius 3 is 2.02 bits per heavy atom. The molecule has 0 spiro atoms. The Labute approximate surface area is 283 Å². The zero-order valence-corrected chi connectivity index (χ0v) is 27.3. The van der Waals surface area contributed by atoms with Crippen molar-refractivity contribution in [3.8, 4) is 55.8 Å². The summed E-state index contributed by atoms with van der Waals surface area (Å²) in [6.45, 7) is 0. The van der Waals surface area contributed by atoms with E-state index in [4.69, 9.17) is 4.98 Å². The molecule has 1 aromatic heterocycles. The molecule has 1 heteroatoms. The molecule has 14 rings (SSSR count). The van der Waals surface area contributed by atoms with Crippen molar-refractivity contribution >= 4 is 10.8 Å². The summed E-state index contributed by atoms with van der Waals surface area (Å²) in [5.74, 6) is 7.06. The zero-order chi connectivity index (χ0) is 31.1. The molecule has 8 aliphatic rings. The van der Waals surface area contributed by atoms with E-state index in [-0.39, 0.29) is 0 Å². The van der Waals surface area contributed by atoms with Crippen molar-refractivity contribution in [2.75, 3.05) is 0 Å². The maximum Gasteiger partial charge on any atom is 0.0780 e. The molecule has 0 radical (unpaired) electrons. The van der Waals surface area contributed by atoms with Crippen molar-refractivity contribution in [3.05, 3.63) is 127 Å². The van der Waals surface area contributed by atoms with Gasteiger partial charge < -0.3 is 0 Å². The minimum atomic E-state index is 0.476. The molecule has 4 atom stereocenters. The van der Waals surface area contributed by atoms with Gasteiger partial charge in [-0.3, -0.25) is 4.98 Å². The summed E-state index contributed by atoms with van der Waals surface area (Å²) < 4.78 is 0. The molecule has 8 bridgehead atoms. The molecule has 1 heterocycles. The summed E-state index contributed by atoms with van der Waals surface area (Å²) in [4.78, 5) is 4.86. The molecule has 7 fully saturated rings. The van der Waals surface area contributed by atoms with Gasteiger partial charge in [0.05, 0.1) is 5.69 Å². The van der Waals surface area contributed by atoms with Crippen LogP contribution in [0.3, 0.4) is 0 Å². The van der Waals surface area contributed by atoms with Crippen LogP contribution in [-0.2, 0) is 5.41 Å². The lowest BCUT2D eigenvalue weighted by Crippen LogP contribution is -2.69. The fraction of sp³-hybridized carbons (Fsp3) is 0.298. The predicted octanol–water partition coefficient (Wildman–Crippen LogP) is 11.8. The van der Waals surface area contributed by atoms with Gasteiger partial charge in [0.2, 0.25) is 0 Å². The van der Waals surface area contributed by atoms with Gasteiger partial charge in [-0.2, -0.15) is 0 Å². The normalized spacial score (nSPS) is 31.1. The predicted molar refractivity (Wildman–Crippen MR) is 196 cm³/mol. The van der Waals surface area contributed by atoms with E-state index in [0.717, 1.165) is 52.7 Å². The van der Waals surface area contributed by atoms with Gasteiger partial charge in [-0.1, -0.05) is 103 Å². The second kappa shape index (κ2) is 9.35. The van der Waals surface area contributed by atoms with Crippen LogP contribution in [0.4, 0.5) is 0 Å². The molecule has 0 N–H and O–H groups in total. The maximum atomic E-state index is 4.86. The average molecular weight is 618 g/mol. The lowest BCUT2D eigenvalue weighted by atomic mass is 9.30. The zero-order valence-electron chi connectivity index (χ0n) is 27.3. The molecule has 6 aromatic rings. The number of hydrogen-bond donors (Lipinski definition) is 0. The first-order chi connectivity index (χ1) is 23.7. The monoisotopic (exact) mass is 617 g/mol. The van der Waals surface area contributed by atoms with E-state index in [1.807, 2.05) is 6.20 Å². The summed E-state index contributed by atoms with van der Waals surface area (Å²) >= 11 is 0. The van der Waals surface area contributed by atoms with Gasteiger partial charge in [-0.05, 0) is 147 Å². The number of benzene rings is 5. The Morgan fingerprint density at radius 2 is 1.19 bits per heavy atom. The molecule has 0 saturated heterocycles. The maximum absolute atomic E-state index is 4.86. The lowest BCUT2D eigenvalue weighted by molar-refractivity contribution is -0.220. The Hall–Kier alpha value is -4.49. The lowest BCUT2D eigenvalue weighted by Gasteiger charge is -2.74. The second-order valence-corrected chi connectivity index (χ2v) is 16.4. The summed E-state index contributed by atoms with van der Waals surface area (Å²) in [5, 5.41) is 2.67. The van der Waals surface area contributed by atoms with Crippen molar-refractivity contribution in [2.24, 2.45) is 41.4 Å². The van der Waals surface area contributed by atoms with Gasteiger partial charge in [-0.25, -0.2) is 0 Å². The van der Waals surface area contributed by atoms with Gasteiger partial charge >= 0.3 is 0 Å². The van der Waals surface area contributed by atoms with Gasteiger partial charge in [0.15, 0.2) is 0 Å². The minimum absolute atomic E-state index is 0.476. The van der Waals surface area contributed by atoms with Gasteiger partial charge in [-0.15, -0.1) is 0 Å². The van der Waals surface area contributed by atoms with Crippen LogP contribution in [-0.4, -0.2) is 4.98 Å². The molecular weight excluding hydrogens is 579 g/mol. The van der Waals surface area contributed by atoms with E-state index in [1.54, 1.807) is 24.8 Å². The molecule has 0 amide bonds. The first-order valence-electron chi connectivity index (χ1n) is 18.6. The third kappa shape index (κ3) is 3.31. The van der Waals surface area contributed by atoms with E-state index in [1.165, 1.54) is 74.5 Å². The second-order valence-electron chi connectivity index (χ2n) is 16.4. The fourth-order valence-electron chi connectivity index (χ4n) is 13.2. The first kappa shape index (κ1) is 26.5. The van der Waals surface area contributed by atoms with Crippen LogP contribution in [0.15, 0.2) is 121 Å². The molecular formula is C47H39N. The Bertz CT molecular complexity index is 2270. The number of pyridine rings is 1. The standard InChI is InChI=1S/C47H39N/c1-2-6-30(7-3-1)46-38(10-5-19-48-46)33-17-18-37-34-16-13-31(25-40(34)36-9-4-8-35(33)45(36)37)29-11-14-32(15-12-29)47-26-28-21-41-39-20-27(23-43(41)47)24-44(47)42(39)22-28/h1-19,25,27-28,39,41-44H,20-24,26H2. The molecule has 0 aliphatic heterocycles. The average Bonchev–Trinajstić information content (AvgIpc) is 3.48. The molecule has 232 valence electrons. The molecule has 4 unspecified atom stereocenters. The SMILES string of the molecule is c1ccc(-c2ncccc2-c2ccc3c4c(cccc24)-c2cc(-c4ccc(C56CC7CC8C9CC(CC85)CC6C9C7)cc4)ccc2-3)cc1. The summed E-state index contributed by atoms with van der Waals surface area (Å²) in [7, 11) is 0. The van der Waals surface area contributed by atoms with Crippen LogP contribution >= 0.6 is 0 Å². The molecule has 48 heavy (non-hydrogen) atoms. The van der Waals surface area contributed by atoms with E-state index >= 15 is 0 Å². The van der Waals surface area contributed by atoms with E-state index in [2.05, 4.69) is 115 Å².